The Balaban J connectivity index is 1.44. The molecule has 1 aliphatic carbocycles. The molecule has 2 heterocycles. The van der Waals surface area contributed by atoms with Crippen LogP contribution in [-0.4, -0.2) is 23.0 Å². The van der Waals surface area contributed by atoms with Gasteiger partial charge in [0.15, 0.2) is 0 Å². The monoisotopic (exact) mass is 395 g/mol. The Labute approximate surface area is 175 Å². The third-order valence-corrected chi connectivity index (χ3v) is 6.34. The van der Waals surface area contributed by atoms with Crippen molar-refractivity contribution in [3.63, 3.8) is 0 Å². The topological polar surface area (TPSA) is 62.3 Å². The number of rotatable bonds is 2. The highest BCUT2D eigenvalue weighted by molar-refractivity contribution is 6.20. The normalized spacial score (nSPS) is 23.6. The lowest BCUT2D eigenvalue weighted by Gasteiger charge is -2.42. The minimum absolute atomic E-state index is 0.148. The molecule has 2 fully saturated rings. The Morgan fingerprint density at radius 1 is 1.03 bits per heavy atom. The number of aromatic nitrogens is 1. The van der Waals surface area contributed by atoms with Crippen LogP contribution in [0.2, 0.25) is 0 Å². The molecule has 3 atom stereocenters. The molecule has 1 saturated carbocycles. The number of hydrogen-bond donors (Lipinski definition) is 1. The number of benzene rings is 2. The van der Waals surface area contributed by atoms with Gasteiger partial charge in [-0.15, -0.1) is 6.42 Å². The Kier molecular flexibility index (Phi) is 4.48. The fraction of sp³-hybridized carbons (Fsp3) is 0.240. The van der Waals surface area contributed by atoms with Crippen molar-refractivity contribution in [2.75, 3.05) is 4.90 Å². The first-order valence-corrected chi connectivity index (χ1v) is 10.2. The van der Waals surface area contributed by atoms with Crippen LogP contribution >= 0.6 is 0 Å². The van der Waals surface area contributed by atoms with Crippen LogP contribution in [0.25, 0.3) is 10.8 Å². The summed E-state index contributed by atoms with van der Waals surface area (Å²) in [4.78, 5) is 31.9. The summed E-state index contributed by atoms with van der Waals surface area (Å²) in [5, 5.41) is 4.82. The molecule has 1 saturated heterocycles. The summed E-state index contributed by atoms with van der Waals surface area (Å²) in [6.07, 6.45) is 11.3. The first-order valence-electron chi connectivity index (χ1n) is 10.2. The number of amides is 3. The molecule has 0 radical (unpaired) electrons. The van der Waals surface area contributed by atoms with E-state index < -0.39 is 0 Å². The van der Waals surface area contributed by atoms with Crippen LogP contribution in [0.15, 0.2) is 60.9 Å². The molecule has 5 nitrogen and oxygen atoms in total. The highest BCUT2D eigenvalue weighted by Gasteiger charge is 2.45. The maximum absolute atomic E-state index is 13.4. The van der Waals surface area contributed by atoms with Crippen molar-refractivity contribution in [3.05, 3.63) is 72.1 Å². The predicted octanol–water partition coefficient (Wildman–Crippen LogP) is 4.22. The maximum atomic E-state index is 13.4. The molecular formula is C25H21N3O2. The first kappa shape index (κ1) is 18.4. The van der Waals surface area contributed by atoms with Gasteiger partial charge in [-0.05, 0) is 36.8 Å². The van der Waals surface area contributed by atoms with Crippen LogP contribution in [0.3, 0.4) is 0 Å². The van der Waals surface area contributed by atoms with E-state index in [1.807, 2.05) is 42.5 Å². The van der Waals surface area contributed by atoms with E-state index in [2.05, 4.69) is 22.3 Å². The number of nitrogens with one attached hydrogen (secondary N) is 1. The molecule has 2 aromatic carbocycles. The van der Waals surface area contributed by atoms with Crippen LogP contribution in [0, 0.1) is 18.3 Å². The Morgan fingerprint density at radius 3 is 2.70 bits per heavy atom. The van der Waals surface area contributed by atoms with Crippen LogP contribution in [0.5, 0.6) is 0 Å². The number of nitrogens with zero attached hydrogens (tertiary/aromatic N) is 2. The molecule has 3 unspecified atom stereocenters. The molecule has 2 aliphatic rings. The maximum Gasteiger partial charge on any atom is 0.329 e. The van der Waals surface area contributed by atoms with Crippen molar-refractivity contribution in [1.29, 1.82) is 0 Å². The summed E-state index contributed by atoms with van der Waals surface area (Å²) in [5.74, 6) is 2.60. The van der Waals surface area contributed by atoms with Gasteiger partial charge in [-0.3, -0.25) is 9.78 Å². The van der Waals surface area contributed by atoms with E-state index >= 15 is 0 Å². The first-order chi connectivity index (χ1) is 14.7. The van der Waals surface area contributed by atoms with Gasteiger partial charge in [-0.25, -0.2) is 9.69 Å². The van der Waals surface area contributed by atoms with Crippen molar-refractivity contribution < 1.29 is 9.59 Å². The number of anilines is 1. The van der Waals surface area contributed by atoms with E-state index in [0.29, 0.717) is 18.5 Å². The van der Waals surface area contributed by atoms with Crippen LogP contribution in [0.4, 0.5) is 10.5 Å². The van der Waals surface area contributed by atoms with Gasteiger partial charge in [0.05, 0.1) is 17.8 Å². The number of pyridine rings is 1. The summed E-state index contributed by atoms with van der Waals surface area (Å²) >= 11 is 0. The zero-order valence-electron chi connectivity index (χ0n) is 16.4. The Bertz CT molecular complexity index is 1190. The zero-order chi connectivity index (χ0) is 20.7. The molecule has 0 bridgehead atoms. The molecular weight excluding hydrogens is 374 g/mol. The van der Waals surface area contributed by atoms with Crippen molar-refractivity contribution in [3.8, 4) is 12.3 Å². The summed E-state index contributed by atoms with van der Waals surface area (Å²) < 4.78 is 0. The lowest BCUT2D eigenvalue weighted by Crippen LogP contribution is -2.61. The second-order valence-electron chi connectivity index (χ2n) is 7.96. The molecule has 5 rings (SSSR count). The molecule has 1 aliphatic heterocycles. The summed E-state index contributed by atoms with van der Waals surface area (Å²) in [7, 11) is 0. The number of imide groups is 1. The van der Waals surface area contributed by atoms with Gasteiger partial charge in [0.25, 0.3) is 0 Å². The number of fused-ring (bicyclic) bond motifs is 2. The van der Waals surface area contributed by atoms with E-state index in [9.17, 15) is 9.59 Å². The Hall–Kier alpha value is -3.65. The van der Waals surface area contributed by atoms with Gasteiger partial charge < -0.3 is 5.32 Å². The number of carbonyl (C=O) groups excluding carboxylic acids is 2. The average Bonchev–Trinajstić information content (AvgIpc) is 2.79. The van der Waals surface area contributed by atoms with Crippen molar-refractivity contribution in [2.45, 2.75) is 31.2 Å². The van der Waals surface area contributed by atoms with Gasteiger partial charge in [0.2, 0.25) is 5.91 Å². The molecule has 0 spiro atoms. The molecule has 3 amide bonds. The van der Waals surface area contributed by atoms with Crippen molar-refractivity contribution in [1.82, 2.24) is 10.3 Å². The van der Waals surface area contributed by atoms with Crippen LogP contribution < -0.4 is 10.2 Å². The number of terminal acetylenes is 1. The van der Waals surface area contributed by atoms with E-state index in [1.54, 1.807) is 12.4 Å². The molecule has 30 heavy (non-hydrogen) atoms. The predicted molar refractivity (Wildman–Crippen MR) is 116 cm³/mol. The Morgan fingerprint density at radius 2 is 1.83 bits per heavy atom. The third kappa shape index (κ3) is 2.93. The van der Waals surface area contributed by atoms with Gasteiger partial charge in [-0.1, -0.05) is 48.4 Å². The summed E-state index contributed by atoms with van der Waals surface area (Å²) in [6.45, 7) is 0. The van der Waals surface area contributed by atoms with E-state index in [4.69, 9.17) is 6.42 Å². The minimum atomic E-state index is -0.384. The lowest BCUT2D eigenvalue weighted by molar-refractivity contribution is -0.124. The standard InChI is InChI=1S/C25H21N3O2/c1-2-16-7-3-5-9-19(16)17-11-12-21-22(13-17)27-25(30)28(24(21)29)23-15-26-14-18-8-4-6-10-20(18)23/h1,3-10,14-15,17,21-22H,11-13H2,(H,27,30). The lowest BCUT2D eigenvalue weighted by atomic mass is 9.73. The van der Waals surface area contributed by atoms with Gasteiger partial charge in [0, 0.05) is 28.6 Å². The van der Waals surface area contributed by atoms with Crippen molar-refractivity contribution in [2.24, 2.45) is 5.92 Å². The average molecular weight is 395 g/mol. The van der Waals surface area contributed by atoms with Crippen LogP contribution in [0.1, 0.15) is 36.3 Å². The quantitative estimate of drug-likeness (QED) is 0.661. The van der Waals surface area contributed by atoms with Gasteiger partial charge in [-0.2, -0.15) is 0 Å². The SMILES string of the molecule is C#Cc1ccccc1C1CCC2C(=O)N(c3cncc4ccccc34)C(=O)NC2C1. The van der Waals surface area contributed by atoms with Crippen molar-refractivity contribution >= 4 is 28.4 Å². The largest absolute Gasteiger partial charge is 0.334 e. The molecule has 3 aromatic rings. The molecule has 1 N–H and O–H groups in total. The highest BCUT2D eigenvalue weighted by atomic mass is 16.2. The summed E-state index contributed by atoms with van der Waals surface area (Å²) in [5.41, 5.74) is 2.55. The second kappa shape index (κ2) is 7.31. The van der Waals surface area contributed by atoms with Gasteiger partial charge in [0.1, 0.15) is 0 Å². The molecule has 5 heteroatoms. The summed E-state index contributed by atoms with van der Waals surface area (Å²) in [6, 6.07) is 15.0. The van der Waals surface area contributed by atoms with Gasteiger partial charge >= 0.3 is 6.03 Å². The highest BCUT2D eigenvalue weighted by Crippen LogP contribution is 2.40. The van der Waals surface area contributed by atoms with E-state index in [-0.39, 0.29) is 29.8 Å². The molecule has 148 valence electrons. The molecule has 1 aromatic heterocycles. The fourth-order valence-corrected chi connectivity index (χ4v) is 4.89. The minimum Gasteiger partial charge on any atom is -0.334 e. The smallest absolute Gasteiger partial charge is 0.329 e. The third-order valence-electron chi connectivity index (χ3n) is 6.34. The van der Waals surface area contributed by atoms with E-state index in [1.165, 1.54) is 4.90 Å². The fourth-order valence-electron chi connectivity index (χ4n) is 4.89. The number of carbonyl (C=O) groups is 2. The van der Waals surface area contributed by atoms with Crippen LogP contribution in [-0.2, 0) is 4.79 Å². The number of hydrogen-bond acceptors (Lipinski definition) is 3. The number of urea groups is 1. The van der Waals surface area contributed by atoms with E-state index in [0.717, 1.165) is 28.3 Å². The second-order valence-corrected chi connectivity index (χ2v) is 7.96. The zero-order valence-corrected chi connectivity index (χ0v) is 16.4.